The highest BCUT2D eigenvalue weighted by Gasteiger charge is 2.32. The number of nitrogens with zero attached hydrogens (tertiary/aromatic N) is 3. The van der Waals surface area contributed by atoms with Crippen LogP contribution in [0.5, 0.6) is 0 Å². The first-order valence-corrected chi connectivity index (χ1v) is 9.46. The Morgan fingerprint density at radius 2 is 2.30 bits per heavy atom. The van der Waals surface area contributed by atoms with Crippen molar-refractivity contribution in [1.82, 2.24) is 9.97 Å². The second-order valence-electron chi connectivity index (χ2n) is 5.52. The minimum Gasteiger partial charge on any atom is -0.467 e. The van der Waals surface area contributed by atoms with Gasteiger partial charge >= 0.3 is 0 Å². The second kappa shape index (κ2) is 6.57. The molecule has 124 valence electrons. The molecule has 1 unspecified atom stereocenters. The third-order valence-electron chi connectivity index (χ3n) is 3.91. The van der Waals surface area contributed by atoms with Crippen LogP contribution in [0.2, 0.25) is 0 Å². The number of rotatable bonds is 6. The Hall–Kier alpha value is -2.09. The monoisotopic (exact) mass is 336 g/mol. The number of aromatic nitrogens is 2. The molecule has 1 N–H and O–H groups in total. The van der Waals surface area contributed by atoms with Gasteiger partial charge in [-0.1, -0.05) is 0 Å². The van der Waals surface area contributed by atoms with E-state index < -0.39 is 9.84 Å². The first kappa shape index (κ1) is 15.8. The van der Waals surface area contributed by atoms with Gasteiger partial charge < -0.3 is 14.6 Å². The Kier molecular flexibility index (Phi) is 4.51. The summed E-state index contributed by atoms with van der Waals surface area (Å²) in [7, 11) is -2.93. The topological polar surface area (TPSA) is 88.3 Å². The van der Waals surface area contributed by atoms with Crippen LogP contribution in [-0.4, -0.2) is 42.5 Å². The number of sulfone groups is 1. The van der Waals surface area contributed by atoms with Crippen LogP contribution >= 0.6 is 0 Å². The molecule has 7 nitrogen and oxygen atoms in total. The van der Waals surface area contributed by atoms with E-state index in [0.29, 0.717) is 31.3 Å². The molecule has 0 spiro atoms. The molecule has 1 aliphatic heterocycles. The molecular weight excluding hydrogens is 316 g/mol. The van der Waals surface area contributed by atoms with Crippen molar-refractivity contribution in [2.24, 2.45) is 0 Å². The molecule has 0 amide bonds. The summed E-state index contributed by atoms with van der Waals surface area (Å²) in [4.78, 5) is 10.8. The third kappa shape index (κ3) is 3.82. The molecule has 0 radical (unpaired) electrons. The summed E-state index contributed by atoms with van der Waals surface area (Å²) in [6.07, 6.45) is 3.93. The number of nitrogens with one attached hydrogen (secondary N) is 1. The molecule has 3 heterocycles. The lowest BCUT2D eigenvalue weighted by Gasteiger charge is -2.26. The van der Waals surface area contributed by atoms with Gasteiger partial charge in [-0.05, 0) is 31.5 Å². The largest absolute Gasteiger partial charge is 0.467 e. The Labute approximate surface area is 135 Å². The summed E-state index contributed by atoms with van der Waals surface area (Å²) in [5.74, 6) is 2.47. The van der Waals surface area contributed by atoms with Crippen molar-refractivity contribution in [1.29, 1.82) is 0 Å². The fourth-order valence-electron chi connectivity index (χ4n) is 2.76. The van der Waals surface area contributed by atoms with Crippen LogP contribution in [0.4, 0.5) is 11.8 Å². The summed E-state index contributed by atoms with van der Waals surface area (Å²) in [6.45, 7) is 3.19. The molecule has 0 saturated carbocycles. The molecule has 1 atom stereocenters. The van der Waals surface area contributed by atoms with Crippen molar-refractivity contribution in [2.45, 2.75) is 25.9 Å². The van der Waals surface area contributed by atoms with E-state index >= 15 is 0 Å². The summed E-state index contributed by atoms with van der Waals surface area (Å²) in [6, 6.07) is 5.45. The molecule has 2 aromatic heterocycles. The third-order valence-corrected chi connectivity index (χ3v) is 5.66. The molecular formula is C15H20N4O3S. The van der Waals surface area contributed by atoms with Gasteiger partial charge in [0.05, 0.1) is 24.3 Å². The lowest BCUT2D eigenvalue weighted by atomic mass is 10.2. The van der Waals surface area contributed by atoms with Crippen LogP contribution in [-0.2, 0) is 16.4 Å². The standard InChI is InChI=1S/C15H20N4O3S/c1-2-19(12-6-9-23(20,21)11-12)15-16-7-5-14(18-15)17-10-13-4-3-8-22-13/h3-5,7-8,12H,2,6,9-11H2,1H3,(H,16,17,18). The quantitative estimate of drug-likeness (QED) is 0.859. The van der Waals surface area contributed by atoms with Crippen LogP contribution in [0, 0.1) is 0 Å². The Balaban J connectivity index is 1.72. The van der Waals surface area contributed by atoms with Gasteiger partial charge in [0, 0.05) is 18.8 Å². The normalized spacial score (nSPS) is 19.6. The Morgan fingerprint density at radius 1 is 1.43 bits per heavy atom. The van der Waals surface area contributed by atoms with E-state index in [0.717, 1.165) is 5.76 Å². The predicted octanol–water partition coefficient (Wildman–Crippen LogP) is 1.70. The second-order valence-corrected chi connectivity index (χ2v) is 7.75. The number of hydrogen-bond donors (Lipinski definition) is 1. The van der Waals surface area contributed by atoms with Crippen LogP contribution < -0.4 is 10.2 Å². The van der Waals surface area contributed by atoms with Gasteiger partial charge in [0.15, 0.2) is 9.84 Å². The van der Waals surface area contributed by atoms with Crippen molar-refractivity contribution in [2.75, 3.05) is 28.3 Å². The maximum Gasteiger partial charge on any atom is 0.227 e. The first-order chi connectivity index (χ1) is 11.1. The number of hydrogen-bond acceptors (Lipinski definition) is 7. The SMILES string of the molecule is CCN(c1nccc(NCc2ccco2)n1)C1CCS(=O)(=O)C1. The van der Waals surface area contributed by atoms with E-state index in [1.54, 1.807) is 18.5 Å². The molecule has 1 fully saturated rings. The lowest BCUT2D eigenvalue weighted by Crippen LogP contribution is -2.37. The van der Waals surface area contributed by atoms with Crippen molar-refractivity contribution < 1.29 is 12.8 Å². The zero-order valence-electron chi connectivity index (χ0n) is 13.0. The smallest absolute Gasteiger partial charge is 0.227 e. The van der Waals surface area contributed by atoms with E-state index in [-0.39, 0.29) is 17.5 Å². The van der Waals surface area contributed by atoms with Gasteiger partial charge in [-0.15, -0.1) is 0 Å². The first-order valence-electron chi connectivity index (χ1n) is 7.64. The van der Waals surface area contributed by atoms with Crippen LogP contribution in [0.15, 0.2) is 35.1 Å². The van der Waals surface area contributed by atoms with Gasteiger partial charge in [-0.3, -0.25) is 0 Å². The zero-order valence-corrected chi connectivity index (χ0v) is 13.8. The summed E-state index contributed by atoms with van der Waals surface area (Å²) in [5.41, 5.74) is 0. The van der Waals surface area contributed by atoms with Crippen molar-refractivity contribution in [3.63, 3.8) is 0 Å². The molecule has 0 bridgehead atoms. The van der Waals surface area contributed by atoms with Gasteiger partial charge in [0.1, 0.15) is 11.6 Å². The summed E-state index contributed by atoms with van der Waals surface area (Å²) >= 11 is 0. The van der Waals surface area contributed by atoms with Crippen LogP contribution in [0.3, 0.4) is 0 Å². The predicted molar refractivity (Wildman–Crippen MR) is 88.1 cm³/mol. The Bertz CT molecular complexity index is 746. The highest BCUT2D eigenvalue weighted by atomic mass is 32.2. The molecule has 1 aliphatic rings. The number of furan rings is 1. The molecule has 0 aromatic carbocycles. The van der Waals surface area contributed by atoms with Gasteiger partial charge in [0.25, 0.3) is 0 Å². The fourth-order valence-corrected chi connectivity index (χ4v) is 4.49. The van der Waals surface area contributed by atoms with Crippen LogP contribution in [0.25, 0.3) is 0 Å². The average Bonchev–Trinajstić information content (AvgIpc) is 3.16. The van der Waals surface area contributed by atoms with Gasteiger partial charge in [-0.2, -0.15) is 4.98 Å². The number of anilines is 2. The molecule has 2 aromatic rings. The summed E-state index contributed by atoms with van der Waals surface area (Å²) in [5, 5.41) is 3.18. The Morgan fingerprint density at radius 3 is 2.96 bits per heavy atom. The van der Waals surface area contributed by atoms with E-state index in [2.05, 4.69) is 15.3 Å². The highest BCUT2D eigenvalue weighted by Crippen LogP contribution is 2.22. The average molecular weight is 336 g/mol. The van der Waals surface area contributed by atoms with E-state index in [1.807, 2.05) is 24.0 Å². The van der Waals surface area contributed by atoms with E-state index in [4.69, 9.17) is 4.42 Å². The van der Waals surface area contributed by atoms with Crippen molar-refractivity contribution in [3.05, 3.63) is 36.4 Å². The summed E-state index contributed by atoms with van der Waals surface area (Å²) < 4.78 is 28.7. The fraction of sp³-hybridized carbons (Fsp3) is 0.467. The lowest BCUT2D eigenvalue weighted by molar-refractivity contribution is 0.517. The van der Waals surface area contributed by atoms with Gasteiger partial charge in [0.2, 0.25) is 5.95 Å². The maximum absolute atomic E-state index is 11.7. The van der Waals surface area contributed by atoms with Crippen LogP contribution in [0.1, 0.15) is 19.1 Å². The molecule has 1 saturated heterocycles. The van der Waals surface area contributed by atoms with E-state index in [1.165, 1.54) is 0 Å². The molecule has 23 heavy (non-hydrogen) atoms. The highest BCUT2D eigenvalue weighted by molar-refractivity contribution is 7.91. The maximum atomic E-state index is 11.7. The molecule has 0 aliphatic carbocycles. The molecule has 8 heteroatoms. The van der Waals surface area contributed by atoms with Crippen molar-refractivity contribution >= 4 is 21.6 Å². The van der Waals surface area contributed by atoms with Crippen molar-refractivity contribution in [3.8, 4) is 0 Å². The van der Waals surface area contributed by atoms with Gasteiger partial charge in [-0.25, -0.2) is 13.4 Å². The minimum atomic E-state index is -2.93. The zero-order chi connectivity index (χ0) is 16.3. The minimum absolute atomic E-state index is 0.0506. The van der Waals surface area contributed by atoms with E-state index in [9.17, 15) is 8.42 Å². The molecule has 3 rings (SSSR count).